The van der Waals surface area contributed by atoms with Crippen LogP contribution in [0.15, 0.2) is 0 Å². The van der Waals surface area contributed by atoms with Gasteiger partial charge in [-0.05, 0) is 40.8 Å². The molecular formula is C13H32N2. The molecule has 2 nitrogen and oxygen atoms in total. The monoisotopic (exact) mass is 216 g/mol. The third-order valence-corrected chi connectivity index (χ3v) is 2.55. The molecule has 1 heterocycles. The molecule has 94 valence electrons. The Labute approximate surface area is 97.4 Å². The number of nitrogens with one attached hydrogen (secondary N) is 1. The van der Waals surface area contributed by atoms with E-state index in [0.717, 1.165) is 6.04 Å². The van der Waals surface area contributed by atoms with Crippen molar-refractivity contribution in [2.45, 2.75) is 72.5 Å². The van der Waals surface area contributed by atoms with Gasteiger partial charge >= 0.3 is 0 Å². The van der Waals surface area contributed by atoms with Gasteiger partial charge in [0.1, 0.15) is 0 Å². The molecule has 2 heteroatoms. The minimum Gasteiger partial charge on any atom is -0.312 e. The molecule has 0 aromatic rings. The molecule has 1 saturated heterocycles. The van der Waals surface area contributed by atoms with E-state index < -0.39 is 0 Å². The quantitative estimate of drug-likeness (QED) is 0.724. The van der Waals surface area contributed by atoms with Crippen LogP contribution in [0.5, 0.6) is 0 Å². The zero-order chi connectivity index (χ0) is 12.4. The Bertz CT molecular complexity index is 114. The Morgan fingerprint density at radius 1 is 0.867 bits per heavy atom. The number of hydrogen-bond donors (Lipinski definition) is 1. The van der Waals surface area contributed by atoms with E-state index >= 15 is 0 Å². The van der Waals surface area contributed by atoms with Crippen molar-refractivity contribution in [1.29, 1.82) is 0 Å². The summed E-state index contributed by atoms with van der Waals surface area (Å²) < 4.78 is 0. The van der Waals surface area contributed by atoms with Crippen LogP contribution in [-0.4, -0.2) is 37.1 Å². The second-order valence-corrected chi connectivity index (χ2v) is 4.06. The maximum atomic E-state index is 3.54. The van der Waals surface area contributed by atoms with Gasteiger partial charge in [0.2, 0.25) is 0 Å². The fourth-order valence-electron chi connectivity index (χ4n) is 1.96. The van der Waals surface area contributed by atoms with Gasteiger partial charge in [-0.25, -0.2) is 0 Å². The van der Waals surface area contributed by atoms with Crippen molar-refractivity contribution < 1.29 is 0 Å². The van der Waals surface area contributed by atoms with Crippen LogP contribution in [0.1, 0.15) is 54.4 Å². The second kappa shape index (κ2) is 10.4. The summed E-state index contributed by atoms with van der Waals surface area (Å²) in [4.78, 5) is 2.34. The normalized spacial score (nSPS) is 29.8. The van der Waals surface area contributed by atoms with Crippen molar-refractivity contribution in [2.75, 3.05) is 14.1 Å². The average molecular weight is 216 g/mol. The lowest BCUT2D eigenvalue weighted by Gasteiger charge is -2.36. The topological polar surface area (TPSA) is 15.3 Å². The van der Waals surface area contributed by atoms with E-state index in [2.05, 4.69) is 38.2 Å². The molecule has 1 fully saturated rings. The highest BCUT2D eigenvalue weighted by atomic mass is 15.1. The van der Waals surface area contributed by atoms with Crippen molar-refractivity contribution in [3.63, 3.8) is 0 Å². The zero-order valence-electron chi connectivity index (χ0n) is 12.1. The fraction of sp³-hybridized carbons (Fsp3) is 1.00. The van der Waals surface area contributed by atoms with Crippen LogP contribution in [0.4, 0.5) is 0 Å². The van der Waals surface area contributed by atoms with E-state index in [1.807, 2.05) is 27.7 Å². The van der Waals surface area contributed by atoms with E-state index in [1.54, 1.807) is 0 Å². The molecule has 0 aromatic heterocycles. The van der Waals surface area contributed by atoms with Crippen LogP contribution < -0.4 is 5.32 Å². The molecule has 15 heavy (non-hydrogen) atoms. The lowest BCUT2D eigenvalue weighted by molar-refractivity contribution is 0.184. The molecule has 1 aliphatic rings. The van der Waals surface area contributed by atoms with Crippen LogP contribution in [-0.2, 0) is 0 Å². The molecule has 2 unspecified atom stereocenters. The second-order valence-electron chi connectivity index (χ2n) is 4.06. The van der Waals surface area contributed by atoms with Gasteiger partial charge in [0, 0.05) is 18.1 Å². The van der Waals surface area contributed by atoms with E-state index in [-0.39, 0.29) is 0 Å². The highest BCUT2D eigenvalue weighted by molar-refractivity contribution is 4.84. The zero-order valence-corrected chi connectivity index (χ0v) is 12.1. The van der Waals surface area contributed by atoms with Crippen LogP contribution in [0, 0.1) is 0 Å². The smallest absolute Gasteiger partial charge is 0.0119 e. The Kier molecular flexibility index (Phi) is 12.1. The Morgan fingerprint density at radius 3 is 1.47 bits per heavy atom. The van der Waals surface area contributed by atoms with Crippen LogP contribution in [0.25, 0.3) is 0 Å². The fourth-order valence-corrected chi connectivity index (χ4v) is 1.96. The van der Waals surface area contributed by atoms with Gasteiger partial charge < -0.3 is 10.2 Å². The summed E-state index contributed by atoms with van der Waals surface area (Å²) in [5.74, 6) is 0. The molecule has 2 atom stereocenters. The van der Waals surface area contributed by atoms with Crippen molar-refractivity contribution in [2.24, 2.45) is 0 Å². The molecule has 0 saturated carbocycles. The van der Waals surface area contributed by atoms with Crippen molar-refractivity contribution >= 4 is 0 Å². The molecule has 1 rings (SSSR count). The van der Waals surface area contributed by atoms with Crippen LogP contribution in [0.2, 0.25) is 0 Å². The molecule has 0 aromatic carbocycles. The van der Waals surface area contributed by atoms with Gasteiger partial charge in [-0.2, -0.15) is 0 Å². The highest BCUT2D eigenvalue weighted by Crippen LogP contribution is 2.16. The minimum atomic E-state index is 0.686. The standard InChI is InChI=1S/C9H20N2.2C2H6/c1-7-5-9(11(3)4)6-8(2)10-7;2*1-2/h7-10H,5-6H2,1-4H3;2*1-2H3. The van der Waals surface area contributed by atoms with Crippen molar-refractivity contribution in [3.8, 4) is 0 Å². The predicted molar refractivity (Wildman–Crippen MR) is 71.5 cm³/mol. The predicted octanol–water partition coefficient (Wildman–Crippen LogP) is 3.13. The van der Waals surface area contributed by atoms with Gasteiger partial charge in [0.15, 0.2) is 0 Å². The summed E-state index contributed by atoms with van der Waals surface area (Å²) in [7, 11) is 4.35. The Morgan fingerprint density at radius 2 is 1.20 bits per heavy atom. The Hall–Kier alpha value is -0.0800. The maximum absolute atomic E-state index is 3.54. The van der Waals surface area contributed by atoms with Gasteiger partial charge in [0.25, 0.3) is 0 Å². The van der Waals surface area contributed by atoms with Gasteiger partial charge in [-0.15, -0.1) is 0 Å². The molecule has 1 aliphatic heterocycles. The molecule has 0 bridgehead atoms. The largest absolute Gasteiger partial charge is 0.312 e. The summed E-state index contributed by atoms with van der Waals surface area (Å²) in [5.41, 5.74) is 0. The molecule has 0 radical (unpaired) electrons. The van der Waals surface area contributed by atoms with E-state index in [0.29, 0.717) is 12.1 Å². The summed E-state index contributed by atoms with van der Waals surface area (Å²) >= 11 is 0. The van der Waals surface area contributed by atoms with Gasteiger partial charge in [-0.3, -0.25) is 0 Å². The van der Waals surface area contributed by atoms with Gasteiger partial charge in [-0.1, -0.05) is 27.7 Å². The third-order valence-electron chi connectivity index (χ3n) is 2.55. The lowest BCUT2D eigenvalue weighted by atomic mass is 9.95. The van der Waals surface area contributed by atoms with Crippen molar-refractivity contribution in [1.82, 2.24) is 10.2 Å². The lowest BCUT2D eigenvalue weighted by Crippen LogP contribution is -2.48. The first-order valence-corrected chi connectivity index (χ1v) is 6.52. The highest BCUT2D eigenvalue weighted by Gasteiger charge is 2.23. The van der Waals surface area contributed by atoms with Crippen LogP contribution in [0.3, 0.4) is 0 Å². The van der Waals surface area contributed by atoms with Gasteiger partial charge in [0.05, 0.1) is 0 Å². The number of rotatable bonds is 1. The third kappa shape index (κ3) is 7.80. The molecular weight excluding hydrogens is 184 g/mol. The van der Waals surface area contributed by atoms with Crippen LogP contribution >= 0.6 is 0 Å². The van der Waals surface area contributed by atoms with Crippen molar-refractivity contribution in [3.05, 3.63) is 0 Å². The SMILES string of the molecule is CC.CC.CC1CC(N(C)C)CC(C)N1. The summed E-state index contributed by atoms with van der Waals surface area (Å²) in [5, 5.41) is 3.54. The summed E-state index contributed by atoms with van der Waals surface area (Å²) in [6.07, 6.45) is 2.58. The first-order valence-electron chi connectivity index (χ1n) is 6.52. The molecule has 0 amide bonds. The number of nitrogens with zero attached hydrogens (tertiary/aromatic N) is 1. The summed E-state index contributed by atoms with van der Waals surface area (Å²) in [6.45, 7) is 12.5. The van der Waals surface area contributed by atoms with E-state index in [9.17, 15) is 0 Å². The van der Waals surface area contributed by atoms with E-state index in [4.69, 9.17) is 0 Å². The first kappa shape index (κ1) is 17.3. The Balaban J connectivity index is 0. The molecule has 0 spiro atoms. The minimum absolute atomic E-state index is 0.686. The summed E-state index contributed by atoms with van der Waals surface area (Å²) in [6, 6.07) is 2.15. The van der Waals surface area contributed by atoms with E-state index in [1.165, 1.54) is 12.8 Å². The molecule has 1 N–H and O–H groups in total. The first-order chi connectivity index (χ1) is 7.09. The maximum Gasteiger partial charge on any atom is 0.0119 e. The number of hydrogen-bond acceptors (Lipinski definition) is 2. The number of piperidine rings is 1. The molecule has 0 aliphatic carbocycles. The average Bonchev–Trinajstić information content (AvgIpc) is 2.22.